The van der Waals surface area contributed by atoms with Gasteiger partial charge in [-0.1, -0.05) is 45.7 Å². The average molecular weight is 358 g/mol. The molecule has 0 saturated heterocycles. The number of hydrogen-bond acceptors (Lipinski definition) is 2. The smallest absolute Gasteiger partial charge is 0.124 e. The maximum atomic E-state index is 13.1. The lowest BCUT2D eigenvalue weighted by Gasteiger charge is -2.19. The molecule has 2 aromatic carbocycles. The van der Waals surface area contributed by atoms with Crippen molar-refractivity contribution in [2.75, 3.05) is 0 Å². The van der Waals surface area contributed by atoms with Crippen molar-refractivity contribution in [1.82, 2.24) is 5.43 Å². The Bertz CT molecular complexity index is 619. The zero-order valence-corrected chi connectivity index (χ0v) is 13.3. The summed E-state index contributed by atoms with van der Waals surface area (Å²) in [5.41, 5.74) is 5.76. The van der Waals surface area contributed by atoms with Crippen molar-refractivity contribution >= 4 is 27.5 Å². The molecule has 3 N–H and O–H groups in total. The van der Waals surface area contributed by atoms with Crippen LogP contribution in [0.5, 0.6) is 0 Å². The van der Waals surface area contributed by atoms with Gasteiger partial charge < -0.3 is 0 Å². The number of benzene rings is 2. The van der Waals surface area contributed by atoms with Gasteiger partial charge in [-0.15, -0.1) is 0 Å². The fraction of sp³-hybridized carbons (Fsp3) is 0.200. The quantitative estimate of drug-likeness (QED) is 0.632. The van der Waals surface area contributed by atoms with Crippen LogP contribution in [0.1, 0.15) is 22.7 Å². The molecule has 2 aromatic rings. The SMILES string of the molecule is Cc1ccc(CC(NN)c2ccc(F)cc2Br)c(Cl)c1. The van der Waals surface area contributed by atoms with Gasteiger partial charge in [-0.05, 0) is 48.2 Å². The molecule has 1 atom stereocenters. The summed E-state index contributed by atoms with van der Waals surface area (Å²) in [6, 6.07) is 10.3. The fourth-order valence-electron chi connectivity index (χ4n) is 2.08. The first-order valence-electron chi connectivity index (χ1n) is 6.17. The number of rotatable bonds is 4. The van der Waals surface area contributed by atoms with Gasteiger partial charge in [0.1, 0.15) is 5.82 Å². The molecule has 0 aromatic heterocycles. The molecular formula is C15H15BrClFN2. The molecule has 2 nitrogen and oxygen atoms in total. The van der Waals surface area contributed by atoms with Crippen molar-refractivity contribution in [3.8, 4) is 0 Å². The first kappa shape index (κ1) is 15.4. The lowest BCUT2D eigenvalue weighted by molar-refractivity contribution is 0.547. The molecule has 0 radical (unpaired) electrons. The van der Waals surface area contributed by atoms with Crippen LogP contribution in [0.15, 0.2) is 40.9 Å². The highest BCUT2D eigenvalue weighted by molar-refractivity contribution is 9.10. The first-order valence-corrected chi connectivity index (χ1v) is 7.34. The molecule has 0 aliphatic heterocycles. The van der Waals surface area contributed by atoms with Crippen molar-refractivity contribution in [3.05, 3.63) is 68.4 Å². The second-order valence-corrected chi connectivity index (χ2v) is 5.95. The molecule has 1 unspecified atom stereocenters. The monoisotopic (exact) mass is 356 g/mol. The van der Waals surface area contributed by atoms with Crippen LogP contribution in [0.2, 0.25) is 5.02 Å². The molecule has 20 heavy (non-hydrogen) atoms. The summed E-state index contributed by atoms with van der Waals surface area (Å²) < 4.78 is 13.8. The van der Waals surface area contributed by atoms with Crippen LogP contribution >= 0.6 is 27.5 Å². The Labute approximate surface area is 131 Å². The molecule has 0 spiro atoms. The summed E-state index contributed by atoms with van der Waals surface area (Å²) in [6.45, 7) is 1.99. The van der Waals surface area contributed by atoms with Gasteiger partial charge in [-0.3, -0.25) is 11.3 Å². The predicted molar refractivity (Wildman–Crippen MR) is 84.1 cm³/mol. The second-order valence-electron chi connectivity index (χ2n) is 4.68. The minimum absolute atomic E-state index is 0.148. The van der Waals surface area contributed by atoms with Crippen LogP contribution in [0.4, 0.5) is 4.39 Å². The Morgan fingerprint density at radius 2 is 2.05 bits per heavy atom. The highest BCUT2D eigenvalue weighted by atomic mass is 79.9. The number of halogens is 3. The highest BCUT2D eigenvalue weighted by Crippen LogP contribution is 2.29. The maximum absolute atomic E-state index is 13.1. The Hall–Kier alpha value is -0.940. The van der Waals surface area contributed by atoms with Crippen LogP contribution in [0.3, 0.4) is 0 Å². The van der Waals surface area contributed by atoms with Gasteiger partial charge in [0.05, 0.1) is 6.04 Å². The zero-order chi connectivity index (χ0) is 14.7. The maximum Gasteiger partial charge on any atom is 0.124 e. The standard InChI is InChI=1S/C15H15BrClFN2/c1-9-2-3-10(14(17)6-9)7-15(20-19)12-5-4-11(18)8-13(12)16/h2-6,8,15,20H,7,19H2,1H3. The Morgan fingerprint density at radius 1 is 1.30 bits per heavy atom. The van der Waals surface area contributed by atoms with E-state index >= 15 is 0 Å². The Balaban J connectivity index is 2.28. The molecule has 0 bridgehead atoms. The van der Waals surface area contributed by atoms with Gasteiger partial charge >= 0.3 is 0 Å². The number of aryl methyl sites for hydroxylation is 1. The summed E-state index contributed by atoms with van der Waals surface area (Å²) in [7, 11) is 0. The third-order valence-corrected chi connectivity index (χ3v) is 4.21. The van der Waals surface area contributed by atoms with E-state index < -0.39 is 0 Å². The molecule has 0 aliphatic rings. The van der Waals surface area contributed by atoms with Crippen LogP contribution in [-0.2, 0) is 6.42 Å². The molecule has 5 heteroatoms. The molecular weight excluding hydrogens is 343 g/mol. The van der Waals surface area contributed by atoms with E-state index in [1.54, 1.807) is 6.07 Å². The van der Waals surface area contributed by atoms with Gasteiger partial charge in [0.25, 0.3) is 0 Å². The van der Waals surface area contributed by atoms with Gasteiger partial charge in [-0.2, -0.15) is 0 Å². The molecule has 0 fully saturated rings. The van der Waals surface area contributed by atoms with E-state index in [0.29, 0.717) is 15.9 Å². The van der Waals surface area contributed by atoms with Crippen LogP contribution in [-0.4, -0.2) is 0 Å². The summed E-state index contributed by atoms with van der Waals surface area (Å²) >= 11 is 9.61. The van der Waals surface area contributed by atoms with Gasteiger partial charge in [0, 0.05) is 9.50 Å². The lowest BCUT2D eigenvalue weighted by Crippen LogP contribution is -2.30. The van der Waals surface area contributed by atoms with Gasteiger partial charge in [0.2, 0.25) is 0 Å². The van der Waals surface area contributed by atoms with Crippen LogP contribution < -0.4 is 11.3 Å². The Kier molecular flexibility index (Phi) is 5.16. The zero-order valence-electron chi connectivity index (χ0n) is 11.0. The van der Waals surface area contributed by atoms with Gasteiger partial charge in [0.15, 0.2) is 0 Å². The molecule has 2 rings (SSSR count). The third-order valence-electron chi connectivity index (χ3n) is 3.17. The largest absolute Gasteiger partial charge is 0.271 e. The van der Waals surface area contributed by atoms with E-state index in [0.717, 1.165) is 16.7 Å². The van der Waals surface area contributed by atoms with Crippen molar-refractivity contribution < 1.29 is 4.39 Å². The van der Waals surface area contributed by atoms with Gasteiger partial charge in [-0.25, -0.2) is 4.39 Å². The lowest BCUT2D eigenvalue weighted by atomic mass is 9.98. The van der Waals surface area contributed by atoms with E-state index in [9.17, 15) is 4.39 Å². The van der Waals surface area contributed by atoms with Crippen molar-refractivity contribution in [1.29, 1.82) is 0 Å². The van der Waals surface area contributed by atoms with E-state index in [-0.39, 0.29) is 11.9 Å². The summed E-state index contributed by atoms with van der Waals surface area (Å²) in [5, 5.41) is 0.712. The summed E-state index contributed by atoms with van der Waals surface area (Å²) in [6.07, 6.45) is 0.625. The topological polar surface area (TPSA) is 38.0 Å². The van der Waals surface area contributed by atoms with E-state index in [4.69, 9.17) is 17.4 Å². The fourth-order valence-corrected chi connectivity index (χ4v) is 3.02. The highest BCUT2D eigenvalue weighted by Gasteiger charge is 2.15. The Morgan fingerprint density at radius 3 is 2.65 bits per heavy atom. The minimum Gasteiger partial charge on any atom is -0.271 e. The van der Waals surface area contributed by atoms with E-state index in [1.807, 2.05) is 25.1 Å². The minimum atomic E-state index is -0.287. The predicted octanol–water partition coefficient (Wildman–Crippen LogP) is 4.30. The third kappa shape index (κ3) is 3.58. The molecule has 0 amide bonds. The second kappa shape index (κ2) is 6.68. The number of hydrogen-bond donors (Lipinski definition) is 2. The normalized spacial score (nSPS) is 12.4. The number of nitrogens with two attached hydrogens (primary N) is 1. The first-order chi connectivity index (χ1) is 9.51. The van der Waals surface area contributed by atoms with Crippen molar-refractivity contribution in [2.45, 2.75) is 19.4 Å². The molecule has 0 aliphatic carbocycles. The van der Waals surface area contributed by atoms with Crippen molar-refractivity contribution in [3.63, 3.8) is 0 Å². The van der Waals surface area contributed by atoms with Crippen LogP contribution in [0, 0.1) is 12.7 Å². The molecule has 106 valence electrons. The van der Waals surface area contributed by atoms with Crippen LogP contribution in [0.25, 0.3) is 0 Å². The number of nitrogens with one attached hydrogen (secondary N) is 1. The van der Waals surface area contributed by atoms with E-state index in [2.05, 4.69) is 21.4 Å². The summed E-state index contributed by atoms with van der Waals surface area (Å²) in [5.74, 6) is 5.34. The number of hydrazine groups is 1. The van der Waals surface area contributed by atoms with E-state index in [1.165, 1.54) is 12.1 Å². The molecule has 0 saturated carbocycles. The molecule has 0 heterocycles. The van der Waals surface area contributed by atoms with Crippen molar-refractivity contribution in [2.24, 2.45) is 5.84 Å². The average Bonchev–Trinajstić information content (AvgIpc) is 2.39. The summed E-state index contributed by atoms with van der Waals surface area (Å²) in [4.78, 5) is 0.